The summed E-state index contributed by atoms with van der Waals surface area (Å²) in [5.74, 6) is -0.527. The van der Waals surface area contributed by atoms with Crippen molar-refractivity contribution in [2.24, 2.45) is 0 Å². The second kappa shape index (κ2) is 16.7. The van der Waals surface area contributed by atoms with E-state index in [1.807, 2.05) is 20.0 Å². The number of hydrogen-bond donors (Lipinski definition) is 3. The number of carbonyl (C=O) groups excluding carboxylic acids is 2. The molecule has 0 aromatic rings. The van der Waals surface area contributed by atoms with E-state index in [0.717, 1.165) is 44.7 Å². The predicted octanol–water partition coefficient (Wildman–Crippen LogP) is 1.49. The molecular weight excluding hydrogens is 354 g/mol. The molecule has 1 aliphatic heterocycles. The highest BCUT2D eigenvalue weighted by atomic mass is 32.2. The Morgan fingerprint density at radius 1 is 1.38 bits per heavy atom. The van der Waals surface area contributed by atoms with Crippen LogP contribution in [0.5, 0.6) is 0 Å². The van der Waals surface area contributed by atoms with Crippen LogP contribution < -0.4 is 10.8 Å². The second-order valence-electron chi connectivity index (χ2n) is 5.22. The molecule has 1 aliphatic rings. The number of nitrogens with zero attached hydrogens (tertiary/aromatic N) is 1. The first-order valence-corrected chi connectivity index (χ1v) is 9.12. The minimum Gasteiger partial charge on any atom is -0.379 e. The van der Waals surface area contributed by atoms with E-state index in [0.29, 0.717) is 11.4 Å². The Morgan fingerprint density at radius 3 is 2.62 bits per heavy atom. The molecule has 1 fully saturated rings. The molecule has 7 nitrogen and oxygen atoms in total. The van der Waals surface area contributed by atoms with Crippen LogP contribution in [0.1, 0.15) is 6.92 Å². The lowest BCUT2D eigenvalue weighted by Crippen LogP contribution is -2.37. The zero-order chi connectivity index (χ0) is 19.6. The van der Waals surface area contributed by atoms with Gasteiger partial charge in [0.1, 0.15) is 6.29 Å². The van der Waals surface area contributed by atoms with Crippen molar-refractivity contribution in [3.05, 3.63) is 46.8 Å². The van der Waals surface area contributed by atoms with Crippen molar-refractivity contribution in [1.29, 1.82) is 0 Å². The van der Waals surface area contributed by atoms with Crippen LogP contribution >= 0.6 is 11.8 Å². The highest BCUT2D eigenvalue weighted by Gasteiger charge is 2.08. The van der Waals surface area contributed by atoms with Gasteiger partial charge in [0.15, 0.2) is 0 Å². The van der Waals surface area contributed by atoms with Crippen molar-refractivity contribution in [3.8, 4) is 0 Å². The van der Waals surface area contributed by atoms with Gasteiger partial charge < -0.3 is 14.8 Å². The van der Waals surface area contributed by atoms with Crippen LogP contribution in [-0.4, -0.2) is 68.7 Å². The number of rotatable bonds is 9. The van der Waals surface area contributed by atoms with Gasteiger partial charge in [-0.3, -0.25) is 14.9 Å². The van der Waals surface area contributed by atoms with Crippen molar-refractivity contribution >= 4 is 24.0 Å². The molecule has 146 valence electrons. The number of likely N-dealkylation sites (N-methyl/N-ethyl adjacent to an activating group) is 1. The van der Waals surface area contributed by atoms with Crippen LogP contribution in [0.15, 0.2) is 46.8 Å². The number of morpholine rings is 1. The third-order valence-electron chi connectivity index (χ3n) is 3.16. The molecule has 1 amide bonds. The fraction of sp³-hybridized carbons (Fsp3) is 0.444. The summed E-state index contributed by atoms with van der Waals surface area (Å²) in [6, 6.07) is 0. The van der Waals surface area contributed by atoms with Crippen molar-refractivity contribution in [1.82, 2.24) is 15.7 Å². The zero-order valence-corrected chi connectivity index (χ0v) is 16.3. The summed E-state index contributed by atoms with van der Waals surface area (Å²) in [6.07, 6.45) is 7.93. The number of amides is 1. The molecule has 0 aromatic heterocycles. The quantitative estimate of drug-likeness (QED) is 0.183. The molecule has 0 spiro atoms. The number of hydrogen-bond acceptors (Lipinski definition) is 7. The Hall–Kier alpha value is -1.71. The Labute approximate surface area is 159 Å². The number of aldehydes is 1. The maximum absolute atomic E-state index is 11.4. The summed E-state index contributed by atoms with van der Waals surface area (Å²) in [5.41, 5.74) is 2.56. The number of hydroxylamine groups is 1. The van der Waals surface area contributed by atoms with Crippen LogP contribution in [0.4, 0.5) is 0 Å². The lowest BCUT2D eigenvalue weighted by atomic mass is 10.2. The summed E-state index contributed by atoms with van der Waals surface area (Å²) >= 11 is 1.22. The molecular formula is C18H29N3O4S. The molecule has 1 rings (SSSR count). The third-order valence-corrected chi connectivity index (χ3v) is 4.01. The molecule has 3 N–H and O–H groups in total. The Kier molecular flexibility index (Phi) is 15.6. The van der Waals surface area contributed by atoms with Crippen LogP contribution in [-0.2, 0) is 14.3 Å². The predicted molar refractivity (Wildman–Crippen MR) is 106 cm³/mol. The van der Waals surface area contributed by atoms with Crippen LogP contribution in [0.3, 0.4) is 0 Å². The first-order valence-electron chi connectivity index (χ1n) is 8.24. The molecule has 26 heavy (non-hydrogen) atoms. The summed E-state index contributed by atoms with van der Waals surface area (Å²) < 4.78 is 5.09. The highest BCUT2D eigenvalue weighted by Crippen LogP contribution is 2.19. The first kappa shape index (κ1) is 24.3. The monoisotopic (exact) mass is 383 g/mol. The van der Waals surface area contributed by atoms with Gasteiger partial charge in [-0.25, -0.2) is 5.48 Å². The van der Waals surface area contributed by atoms with Crippen molar-refractivity contribution in [2.45, 2.75) is 6.92 Å². The maximum atomic E-state index is 11.4. The van der Waals surface area contributed by atoms with Crippen molar-refractivity contribution in [2.75, 3.05) is 46.4 Å². The van der Waals surface area contributed by atoms with Gasteiger partial charge in [0, 0.05) is 19.6 Å². The number of carbonyl (C=O) groups is 2. The molecule has 0 aromatic carbocycles. The lowest BCUT2D eigenvalue weighted by Gasteiger charge is -2.23. The second-order valence-corrected chi connectivity index (χ2v) is 6.16. The number of nitrogens with one attached hydrogen (secondary N) is 2. The van der Waals surface area contributed by atoms with Crippen LogP contribution in [0.25, 0.3) is 0 Å². The third kappa shape index (κ3) is 12.6. The minimum atomic E-state index is -0.527. The SMILES string of the molecule is C=C/C=C/S/C(=C\C(C)=C\CNC)C(=O)NO.O=CCN1CCOCC1. The average Bonchev–Trinajstić information content (AvgIpc) is 2.66. The molecule has 0 radical (unpaired) electrons. The molecule has 1 heterocycles. The van der Waals surface area contributed by atoms with E-state index in [4.69, 9.17) is 9.94 Å². The van der Waals surface area contributed by atoms with E-state index >= 15 is 0 Å². The Balaban J connectivity index is 0.000000577. The van der Waals surface area contributed by atoms with Gasteiger partial charge in [-0.1, -0.05) is 42.1 Å². The average molecular weight is 384 g/mol. The van der Waals surface area contributed by atoms with E-state index in [9.17, 15) is 9.59 Å². The summed E-state index contributed by atoms with van der Waals surface area (Å²) in [4.78, 5) is 23.8. The summed E-state index contributed by atoms with van der Waals surface area (Å²) in [5, 5.41) is 13.3. The smallest absolute Gasteiger partial charge is 0.281 e. The molecule has 1 saturated heterocycles. The van der Waals surface area contributed by atoms with E-state index in [1.54, 1.807) is 29.1 Å². The highest BCUT2D eigenvalue weighted by molar-refractivity contribution is 8.06. The fourth-order valence-corrected chi connectivity index (χ4v) is 2.54. The van der Waals surface area contributed by atoms with Gasteiger partial charge in [-0.15, -0.1) is 0 Å². The number of allylic oxidation sites excluding steroid dienone is 4. The van der Waals surface area contributed by atoms with Gasteiger partial charge in [-0.2, -0.15) is 0 Å². The standard InChI is InChI=1S/C12H18N2O2S.C6H11NO2/c1-4-5-8-17-11(12(15)14-16)9-10(2)6-7-13-3;8-4-1-7-2-5-9-6-3-7/h4-6,8-9,13,16H,1,7H2,2-3H3,(H,14,15);4H,1-3,5-6H2/b8-5+,10-6+,11-9-;. The molecule has 0 saturated carbocycles. The summed E-state index contributed by atoms with van der Waals surface area (Å²) in [7, 11) is 1.84. The van der Waals surface area contributed by atoms with Gasteiger partial charge in [0.2, 0.25) is 0 Å². The Morgan fingerprint density at radius 2 is 2.08 bits per heavy atom. The van der Waals surface area contributed by atoms with Gasteiger partial charge in [0.25, 0.3) is 5.91 Å². The van der Waals surface area contributed by atoms with Crippen molar-refractivity contribution in [3.63, 3.8) is 0 Å². The van der Waals surface area contributed by atoms with E-state index in [1.165, 1.54) is 11.8 Å². The van der Waals surface area contributed by atoms with Crippen molar-refractivity contribution < 1.29 is 19.5 Å². The minimum absolute atomic E-state index is 0.412. The lowest BCUT2D eigenvalue weighted by molar-refractivity contribution is -0.124. The molecule has 0 atom stereocenters. The number of thioether (sulfide) groups is 1. The molecule has 8 heteroatoms. The van der Waals surface area contributed by atoms with Crippen LogP contribution in [0.2, 0.25) is 0 Å². The van der Waals surface area contributed by atoms with Gasteiger partial charge in [0.05, 0.1) is 24.7 Å². The van der Waals surface area contributed by atoms with E-state index in [-0.39, 0.29) is 0 Å². The van der Waals surface area contributed by atoms with Gasteiger partial charge >= 0.3 is 0 Å². The summed E-state index contributed by atoms with van der Waals surface area (Å²) in [6.45, 7) is 10.1. The topological polar surface area (TPSA) is 90.9 Å². The van der Waals surface area contributed by atoms with Gasteiger partial charge in [-0.05, 0) is 25.5 Å². The molecule has 0 aliphatic carbocycles. The van der Waals surface area contributed by atoms with Crippen LogP contribution in [0, 0.1) is 0 Å². The fourth-order valence-electron chi connectivity index (χ4n) is 1.79. The Bertz CT molecular complexity index is 513. The largest absolute Gasteiger partial charge is 0.379 e. The zero-order valence-electron chi connectivity index (χ0n) is 15.4. The first-order chi connectivity index (χ1) is 12.6. The van der Waals surface area contributed by atoms with E-state index in [2.05, 4.69) is 16.8 Å². The molecule has 0 unspecified atom stereocenters. The molecule has 0 bridgehead atoms. The number of ether oxygens (including phenoxy) is 1. The maximum Gasteiger partial charge on any atom is 0.281 e. The normalized spacial score (nSPS) is 16.0. The van der Waals surface area contributed by atoms with E-state index < -0.39 is 5.91 Å².